The molecule has 0 radical (unpaired) electrons. The van der Waals surface area contributed by atoms with Gasteiger partial charge in [-0.05, 0) is 42.5 Å². The number of hydrogen-bond donors (Lipinski definition) is 3. The highest BCUT2D eigenvalue weighted by molar-refractivity contribution is 6.49. The van der Waals surface area contributed by atoms with E-state index in [9.17, 15) is 29.0 Å². The van der Waals surface area contributed by atoms with E-state index in [4.69, 9.17) is 9.72 Å². The predicted octanol–water partition coefficient (Wildman–Crippen LogP) is -0.733. The first kappa shape index (κ1) is 25.3. The standard InChI is InChI=1S/C25H26B2FN3O6/c1-10-11-3-4-16(30-24(35)25(26,27)36)21-13-7-31-18(22(13)29-17(20(11)21)6-15(10)28)5-12(19(33)8-32)14(9-37-2)23(31)34/h5-6,8,16,19,33,36H,3-4,7,9,26-27H2,1-2H3,(H,30,35). The molecule has 3 heterocycles. The van der Waals surface area contributed by atoms with Crippen molar-refractivity contribution in [1.29, 1.82) is 0 Å². The first-order valence-electron chi connectivity index (χ1n) is 12.0. The zero-order chi connectivity index (χ0) is 26.8. The number of aryl methyl sites for hydroxylation is 1. The molecule has 12 heteroatoms. The van der Waals surface area contributed by atoms with E-state index in [1.807, 2.05) is 0 Å². The number of ether oxygens (including phenoxy) is 1. The van der Waals surface area contributed by atoms with Gasteiger partial charge >= 0.3 is 0 Å². The smallest absolute Gasteiger partial charge is 0.257 e. The van der Waals surface area contributed by atoms with E-state index in [-0.39, 0.29) is 24.3 Å². The summed E-state index contributed by atoms with van der Waals surface area (Å²) >= 11 is 0. The number of benzene rings is 1. The van der Waals surface area contributed by atoms with Gasteiger partial charge < -0.3 is 29.6 Å². The van der Waals surface area contributed by atoms with Gasteiger partial charge in [-0.2, -0.15) is 0 Å². The summed E-state index contributed by atoms with van der Waals surface area (Å²) in [6.45, 7) is 1.75. The number of aromatic nitrogens is 2. The van der Waals surface area contributed by atoms with Gasteiger partial charge in [-0.25, -0.2) is 9.37 Å². The summed E-state index contributed by atoms with van der Waals surface area (Å²) in [5, 5.41) is 22.6. The number of hydrogen-bond acceptors (Lipinski definition) is 7. The van der Waals surface area contributed by atoms with Gasteiger partial charge in [-0.3, -0.25) is 9.59 Å². The molecule has 2 unspecified atom stereocenters. The third-order valence-electron chi connectivity index (χ3n) is 7.37. The van der Waals surface area contributed by atoms with Gasteiger partial charge in [0.25, 0.3) is 5.56 Å². The van der Waals surface area contributed by atoms with Crippen molar-refractivity contribution >= 4 is 38.8 Å². The number of nitrogens with one attached hydrogen (secondary N) is 1. The molecule has 37 heavy (non-hydrogen) atoms. The van der Waals surface area contributed by atoms with Gasteiger partial charge in [0.2, 0.25) is 5.91 Å². The van der Waals surface area contributed by atoms with E-state index < -0.39 is 34.8 Å². The number of aldehydes is 1. The third-order valence-corrected chi connectivity index (χ3v) is 7.37. The Morgan fingerprint density at radius 1 is 1.41 bits per heavy atom. The summed E-state index contributed by atoms with van der Waals surface area (Å²) in [5.74, 6) is -0.951. The van der Waals surface area contributed by atoms with Crippen molar-refractivity contribution in [3.8, 4) is 11.4 Å². The Bertz CT molecular complexity index is 1550. The van der Waals surface area contributed by atoms with Crippen LogP contribution >= 0.6 is 0 Å². The van der Waals surface area contributed by atoms with Crippen LogP contribution in [-0.2, 0) is 33.9 Å². The minimum atomic E-state index is -1.61. The molecule has 1 aliphatic carbocycles. The molecule has 5 rings (SSSR count). The molecule has 1 aliphatic heterocycles. The molecule has 2 aliphatic rings. The largest absolute Gasteiger partial charge is 0.398 e. The lowest BCUT2D eigenvalue weighted by atomic mass is 9.64. The molecule has 3 N–H and O–H groups in total. The molecule has 1 aromatic carbocycles. The third kappa shape index (κ3) is 3.91. The van der Waals surface area contributed by atoms with Crippen molar-refractivity contribution in [3.05, 3.63) is 61.7 Å². The number of amides is 1. The Morgan fingerprint density at radius 2 is 2.14 bits per heavy atom. The van der Waals surface area contributed by atoms with E-state index in [1.54, 1.807) is 13.0 Å². The number of aliphatic hydroxyl groups is 2. The fraction of sp³-hybridized carbons (Fsp3) is 0.360. The highest BCUT2D eigenvalue weighted by atomic mass is 19.1. The average molecular weight is 505 g/mol. The number of carbonyl (C=O) groups excluding carboxylic acids is 2. The van der Waals surface area contributed by atoms with E-state index in [1.165, 1.54) is 33.4 Å². The number of fused-ring (bicyclic) bond motifs is 4. The lowest BCUT2D eigenvalue weighted by Gasteiger charge is -2.31. The van der Waals surface area contributed by atoms with Crippen molar-refractivity contribution in [2.75, 3.05) is 7.11 Å². The van der Waals surface area contributed by atoms with Crippen LogP contribution in [0.15, 0.2) is 16.9 Å². The van der Waals surface area contributed by atoms with Gasteiger partial charge in [-0.1, -0.05) is 0 Å². The second-order valence-corrected chi connectivity index (χ2v) is 10.2. The molecule has 0 saturated heterocycles. The van der Waals surface area contributed by atoms with Crippen LogP contribution < -0.4 is 10.9 Å². The molecule has 0 saturated carbocycles. The van der Waals surface area contributed by atoms with Crippen LogP contribution in [0.3, 0.4) is 0 Å². The second-order valence-electron chi connectivity index (χ2n) is 10.2. The molecule has 0 fully saturated rings. The van der Waals surface area contributed by atoms with E-state index in [0.717, 1.165) is 16.5 Å². The highest BCUT2D eigenvalue weighted by Gasteiger charge is 2.36. The Labute approximate surface area is 213 Å². The summed E-state index contributed by atoms with van der Waals surface area (Å²) in [7, 11) is 4.21. The molecule has 2 atom stereocenters. The zero-order valence-electron chi connectivity index (χ0n) is 21.0. The number of carbonyl (C=O) groups is 2. The number of nitrogens with zero attached hydrogens (tertiary/aromatic N) is 2. The maximum atomic E-state index is 14.9. The van der Waals surface area contributed by atoms with Crippen molar-refractivity contribution in [2.24, 2.45) is 0 Å². The number of rotatable bonds is 6. The fourth-order valence-corrected chi connectivity index (χ4v) is 5.47. The molecule has 1 amide bonds. The minimum absolute atomic E-state index is 0.100. The zero-order valence-corrected chi connectivity index (χ0v) is 21.0. The van der Waals surface area contributed by atoms with Crippen LogP contribution in [0, 0.1) is 12.7 Å². The molecule has 190 valence electrons. The number of aliphatic hydroxyl groups excluding tert-OH is 1. The van der Waals surface area contributed by atoms with Crippen LogP contribution in [-0.4, -0.2) is 60.2 Å². The average Bonchev–Trinajstić information content (AvgIpc) is 3.22. The summed E-state index contributed by atoms with van der Waals surface area (Å²) < 4.78 is 21.6. The Balaban J connectivity index is 1.81. The van der Waals surface area contributed by atoms with Gasteiger partial charge in [0, 0.05) is 35.3 Å². The Morgan fingerprint density at radius 3 is 2.78 bits per heavy atom. The van der Waals surface area contributed by atoms with Gasteiger partial charge in [0.15, 0.2) is 6.29 Å². The van der Waals surface area contributed by atoms with Gasteiger partial charge in [0.1, 0.15) is 27.6 Å². The lowest BCUT2D eigenvalue weighted by molar-refractivity contribution is -0.128. The van der Waals surface area contributed by atoms with E-state index in [0.29, 0.717) is 47.2 Å². The van der Waals surface area contributed by atoms with Crippen molar-refractivity contribution in [3.63, 3.8) is 0 Å². The number of pyridine rings is 2. The fourth-order valence-electron chi connectivity index (χ4n) is 5.47. The van der Waals surface area contributed by atoms with E-state index >= 15 is 0 Å². The summed E-state index contributed by atoms with van der Waals surface area (Å²) in [4.78, 5) is 42.4. The SMILES string of the molecule is BC(B)(O)C(=O)NC1CCc2c(C)c(F)cc3nc4c(c1c23)Cn1c-4cc(C(O)C=O)c(COC)c1=O. The monoisotopic (exact) mass is 505 g/mol. The van der Waals surface area contributed by atoms with Crippen molar-refractivity contribution in [2.45, 2.75) is 50.5 Å². The molecule has 9 nitrogen and oxygen atoms in total. The second kappa shape index (κ2) is 8.90. The molecular weight excluding hydrogens is 479 g/mol. The minimum Gasteiger partial charge on any atom is -0.398 e. The van der Waals surface area contributed by atoms with Crippen LogP contribution in [0.5, 0.6) is 0 Å². The summed E-state index contributed by atoms with van der Waals surface area (Å²) in [6.07, 6.45) is -0.215. The Kier molecular flexibility index (Phi) is 6.09. The van der Waals surface area contributed by atoms with Crippen LogP contribution in [0.4, 0.5) is 4.39 Å². The molecule has 3 aromatic rings. The maximum absolute atomic E-state index is 14.9. The van der Waals surface area contributed by atoms with E-state index in [2.05, 4.69) is 5.32 Å². The number of methoxy groups -OCH3 is 1. The van der Waals surface area contributed by atoms with Crippen LogP contribution in [0.1, 0.15) is 51.9 Å². The molecular formula is C25H26B2FN3O6. The molecule has 0 bridgehead atoms. The molecule has 0 spiro atoms. The predicted molar refractivity (Wildman–Crippen MR) is 138 cm³/mol. The number of halogens is 1. The Hall–Kier alpha value is -3.34. The van der Waals surface area contributed by atoms with Crippen molar-refractivity contribution in [1.82, 2.24) is 14.9 Å². The maximum Gasteiger partial charge on any atom is 0.257 e. The first-order valence-corrected chi connectivity index (χ1v) is 12.0. The quantitative estimate of drug-likeness (QED) is 0.233. The van der Waals surface area contributed by atoms with Gasteiger partial charge in [0.05, 0.1) is 41.5 Å². The lowest BCUT2D eigenvalue weighted by Crippen LogP contribution is -2.49. The highest BCUT2D eigenvalue weighted by Crippen LogP contribution is 2.45. The normalized spacial score (nSPS) is 16.8. The van der Waals surface area contributed by atoms with Gasteiger partial charge in [-0.15, -0.1) is 0 Å². The first-order chi connectivity index (χ1) is 17.5. The molecule has 2 aromatic heterocycles. The topological polar surface area (TPSA) is 131 Å². The summed E-state index contributed by atoms with van der Waals surface area (Å²) in [5.41, 5.74) is 3.77. The summed E-state index contributed by atoms with van der Waals surface area (Å²) in [6, 6.07) is 2.39. The van der Waals surface area contributed by atoms with Crippen LogP contribution in [0.2, 0.25) is 0 Å². The van der Waals surface area contributed by atoms with Crippen molar-refractivity contribution < 1.29 is 28.9 Å². The van der Waals surface area contributed by atoms with Crippen LogP contribution in [0.25, 0.3) is 22.3 Å².